The lowest BCUT2D eigenvalue weighted by Gasteiger charge is -2.03. The lowest BCUT2D eigenvalue weighted by Crippen LogP contribution is -1.87. The van der Waals surface area contributed by atoms with Crippen LogP contribution < -0.4 is 0 Å². The summed E-state index contributed by atoms with van der Waals surface area (Å²) < 4.78 is 1.18. The molecule has 0 aliphatic carbocycles. The number of hydrogen-bond donors (Lipinski definition) is 0. The summed E-state index contributed by atoms with van der Waals surface area (Å²) in [5, 5.41) is 0. The standard InChI is InChI=1S/C10H13Br/c1-3-4-9-5-6-10(11)7-8(9)2/h5-7H,3-4H2,1-2H3. The molecule has 1 heteroatoms. The molecule has 0 heterocycles. The molecule has 11 heavy (non-hydrogen) atoms. The highest BCUT2D eigenvalue weighted by molar-refractivity contribution is 9.10. The van der Waals surface area contributed by atoms with Crippen molar-refractivity contribution in [2.45, 2.75) is 26.7 Å². The van der Waals surface area contributed by atoms with E-state index in [2.05, 4.69) is 48.0 Å². The smallest absolute Gasteiger partial charge is 0.0178 e. The summed E-state index contributed by atoms with van der Waals surface area (Å²) in [6, 6.07) is 6.48. The van der Waals surface area contributed by atoms with E-state index >= 15 is 0 Å². The Morgan fingerprint density at radius 1 is 1.36 bits per heavy atom. The summed E-state index contributed by atoms with van der Waals surface area (Å²) in [6.45, 7) is 4.37. The first-order valence-corrected chi connectivity index (χ1v) is 4.78. The fraction of sp³-hybridized carbons (Fsp3) is 0.400. The minimum absolute atomic E-state index is 1.18. The molecule has 1 aromatic rings. The summed E-state index contributed by atoms with van der Waals surface area (Å²) in [7, 11) is 0. The number of halogens is 1. The Hall–Kier alpha value is -0.300. The van der Waals surface area contributed by atoms with Crippen molar-refractivity contribution in [3.8, 4) is 0 Å². The van der Waals surface area contributed by atoms with E-state index in [-0.39, 0.29) is 0 Å². The van der Waals surface area contributed by atoms with Gasteiger partial charge < -0.3 is 0 Å². The fourth-order valence-electron chi connectivity index (χ4n) is 1.21. The van der Waals surface area contributed by atoms with Gasteiger partial charge in [-0.3, -0.25) is 0 Å². The van der Waals surface area contributed by atoms with Crippen LogP contribution in [0.5, 0.6) is 0 Å². The van der Waals surface area contributed by atoms with Gasteiger partial charge in [0.2, 0.25) is 0 Å². The van der Waals surface area contributed by atoms with Gasteiger partial charge in [-0.25, -0.2) is 0 Å². The largest absolute Gasteiger partial charge is 0.0651 e. The molecule has 1 aromatic carbocycles. The molecule has 0 saturated heterocycles. The number of benzene rings is 1. The molecule has 0 N–H and O–H groups in total. The van der Waals surface area contributed by atoms with E-state index in [1.54, 1.807) is 0 Å². The average molecular weight is 213 g/mol. The summed E-state index contributed by atoms with van der Waals surface area (Å²) in [6.07, 6.45) is 2.42. The van der Waals surface area contributed by atoms with E-state index in [1.807, 2.05) is 0 Å². The van der Waals surface area contributed by atoms with Gasteiger partial charge in [0.15, 0.2) is 0 Å². The van der Waals surface area contributed by atoms with Gasteiger partial charge in [-0.1, -0.05) is 35.3 Å². The predicted octanol–water partition coefficient (Wildman–Crippen LogP) is 3.71. The molecule has 0 spiro atoms. The minimum atomic E-state index is 1.18. The zero-order valence-corrected chi connectivity index (χ0v) is 8.61. The van der Waals surface area contributed by atoms with Gasteiger partial charge in [-0.15, -0.1) is 0 Å². The third kappa shape index (κ3) is 2.33. The molecule has 0 radical (unpaired) electrons. The third-order valence-corrected chi connectivity index (χ3v) is 2.32. The number of hydrogen-bond acceptors (Lipinski definition) is 0. The minimum Gasteiger partial charge on any atom is -0.0651 e. The van der Waals surface area contributed by atoms with E-state index in [0.29, 0.717) is 0 Å². The molecular weight excluding hydrogens is 200 g/mol. The second-order valence-electron chi connectivity index (χ2n) is 2.82. The van der Waals surface area contributed by atoms with Gasteiger partial charge in [0.25, 0.3) is 0 Å². The van der Waals surface area contributed by atoms with Crippen molar-refractivity contribution in [3.63, 3.8) is 0 Å². The van der Waals surface area contributed by atoms with Gasteiger partial charge in [0.1, 0.15) is 0 Å². The van der Waals surface area contributed by atoms with Gasteiger partial charge >= 0.3 is 0 Å². The third-order valence-electron chi connectivity index (χ3n) is 1.82. The normalized spacial score (nSPS) is 10.1. The first-order chi connectivity index (χ1) is 5.24. The van der Waals surface area contributed by atoms with Crippen molar-refractivity contribution in [1.82, 2.24) is 0 Å². The second kappa shape index (κ2) is 3.91. The Bertz CT molecular complexity index is 241. The summed E-state index contributed by atoms with van der Waals surface area (Å²) in [5.74, 6) is 0. The molecular formula is C10H13Br. The van der Waals surface area contributed by atoms with Gasteiger partial charge in [-0.05, 0) is 36.6 Å². The highest BCUT2D eigenvalue weighted by Crippen LogP contribution is 2.16. The van der Waals surface area contributed by atoms with Crippen molar-refractivity contribution >= 4 is 15.9 Å². The van der Waals surface area contributed by atoms with Gasteiger partial charge in [0, 0.05) is 4.47 Å². The fourth-order valence-corrected chi connectivity index (χ4v) is 1.68. The molecule has 0 saturated carbocycles. The van der Waals surface area contributed by atoms with Crippen LogP contribution in [0, 0.1) is 6.92 Å². The lowest BCUT2D eigenvalue weighted by atomic mass is 10.1. The average Bonchev–Trinajstić information content (AvgIpc) is 1.95. The Labute approximate surface area is 76.8 Å². The van der Waals surface area contributed by atoms with Crippen LogP contribution in [-0.4, -0.2) is 0 Å². The zero-order valence-electron chi connectivity index (χ0n) is 7.02. The van der Waals surface area contributed by atoms with Crippen LogP contribution in [0.15, 0.2) is 22.7 Å². The molecule has 0 unspecified atom stereocenters. The van der Waals surface area contributed by atoms with E-state index in [0.717, 1.165) is 0 Å². The van der Waals surface area contributed by atoms with Crippen molar-refractivity contribution in [2.24, 2.45) is 0 Å². The highest BCUT2D eigenvalue weighted by atomic mass is 79.9. The van der Waals surface area contributed by atoms with Crippen LogP contribution >= 0.6 is 15.9 Å². The molecule has 60 valence electrons. The van der Waals surface area contributed by atoms with Crippen LogP contribution in [0.2, 0.25) is 0 Å². The highest BCUT2D eigenvalue weighted by Gasteiger charge is 1.96. The molecule has 1 rings (SSSR count). The Balaban J connectivity index is 2.90. The van der Waals surface area contributed by atoms with Crippen LogP contribution in [0.25, 0.3) is 0 Å². The maximum absolute atomic E-state index is 3.45. The first kappa shape index (κ1) is 8.79. The second-order valence-corrected chi connectivity index (χ2v) is 3.74. The van der Waals surface area contributed by atoms with Gasteiger partial charge in [-0.2, -0.15) is 0 Å². The molecule has 0 nitrogen and oxygen atoms in total. The van der Waals surface area contributed by atoms with Crippen LogP contribution in [0.3, 0.4) is 0 Å². The van der Waals surface area contributed by atoms with E-state index in [1.165, 1.54) is 28.4 Å². The first-order valence-electron chi connectivity index (χ1n) is 3.99. The van der Waals surface area contributed by atoms with Crippen molar-refractivity contribution < 1.29 is 0 Å². The maximum Gasteiger partial charge on any atom is 0.0178 e. The topological polar surface area (TPSA) is 0 Å². The molecule has 0 aliphatic rings. The number of aryl methyl sites for hydroxylation is 2. The molecule has 0 aliphatic heterocycles. The number of rotatable bonds is 2. The van der Waals surface area contributed by atoms with Crippen LogP contribution in [0.1, 0.15) is 24.5 Å². The molecule has 0 fully saturated rings. The molecule has 0 bridgehead atoms. The van der Waals surface area contributed by atoms with Crippen molar-refractivity contribution in [1.29, 1.82) is 0 Å². The summed E-state index contributed by atoms with van der Waals surface area (Å²) in [5.41, 5.74) is 2.86. The van der Waals surface area contributed by atoms with Crippen molar-refractivity contribution in [2.75, 3.05) is 0 Å². The van der Waals surface area contributed by atoms with E-state index in [4.69, 9.17) is 0 Å². The van der Waals surface area contributed by atoms with E-state index < -0.39 is 0 Å². The summed E-state index contributed by atoms with van der Waals surface area (Å²) in [4.78, 5) is 0. The SMILES string of the molecule is CCCc1ccc(Br)cc1C. The van der Waals surface area contributed by atoms with Crippen molar-refractivity contribution in [3.05, 3.63) is 33.8 Å². The molecule has 0 aromatic heterocycles. The predicted molar refractivity (Wildman–Crippen MR) is 52.9 cm³/mol. The maximum atomic E-state index is 3.45. The van der Waals surface area contributed by atoms with Crippen LogP contribution in [0.4, 0.5) is 0 Å². The van der Waals surface area contributed by atoms with Crippen LogP contribution in [-0.2, 0) is 6.42 Å². The quantitative estimate of drug-likeness (QED) is 0.702. The molecule has 0 amide bonds. The Morgan fingerprint density at radius 3 is 2.64 bits per heavy atom. The Kier molecular flexibility index (Phi) is 3.13. The Morgan fingerprint density at radius 2 is 2.09 bits per heavy atom. The lowest BCUT2D eigenvalue weighted by molar-refractivity contribution is 0.912. The van der Waals surface area contributed by atoms with Gasteiger partial charge in [0.05, 0.1) is 0 Å². The zero-order chi connectivity index (χ0) is 8.27. The van der Waals surface area contributed by atoms with E-state index in [9.17, 15) is 0 Å². The monoisotopic (exact) mass is 212 g/mol. The summed E-state index contributed by atoms with van der Waals surface area (Å²) >= 11 is 3.45. The molecule has 0 atom stereocenters.